The lowest BCUT2D eigenvalue weighted by molar-refractivity contribution is -0.00000279. The van der Waals surface area contributed by atoms with Crippen molar-refractivity contribution in [2.75, 3.05) is 0 Å². The van der Waals surface area contributed by atoms with Crippen molar-refractivity contribution in [1.82, 2.24) is 4.37 Å². The van der Waals surface area contributed by atoms with Crippen LogP contribution in [0, 0.1) is 0 Å². The molecule has 0 aliphatic carbocycles. The minimum Gasteiger partial charge on any atom is -1.00 e. The highest BCUT2D eigenvalue weighted by Gasteiger charge is 2.09. The lowest BCUT2D eigenvalue weighted by Crippen LogP contribution is -3.00. The molecule has 3 rings (SSSR count). The van der Waals surface area contributed by atoms with Gasteiger partial charge < -0.3 is 12.4 Å². The van der Waals surface area contributed by atoms with Gasteiger partial charge in [-0.05, 0) is 23.3 Å². The predicted molar refractivity (Wildman–Crippen MR) is 67.3 cm³/mol. The predicted octanol–water partition coefficient (Wildman–Crippen LogP) is 1.31. The number of hydrogen-bond donors (Lipinski definition) is 0. The second-order valence-electron chi connectivity index (χ2n) is 3.30. The zero-order valence-electron chi connectivity index (χ0n) is 8.26. The van der Waals surface area contributed by atoms with Crippen LogP contribution in [0.3, 0.4) is 0 Å². The van der Waals surface area contributed by atoms with Crippen molar-refractivity contribution in [1.29, 1.82) is 0 Å². The summed E-state index contributed by atoms with van der Waals surface area (Å²) in [5.41, 5.74) is 3.59. The van der Waals surface area contributed by atoms with Gasteiger partial charge in [0.15, 0.2) is 0 Å². The van der Waals surface area contributed by atoms with E-state index >= 15 is 0 Å². The number of aromatic nitrogens is 1. The van der Waals surface area contributed by atoms with Crippen LogP contribution in [0.25, 0.3) is 21.3 Å². The van der Waals surface area contributed by atoms with Crippen molar-refractivity contribution in [3.8, 4) is 11.1 Å². The Morgan fingerprint density at radius 1 is 0.938 bits per heavy atom. The number of rotatable bonds is 1. The molecule has 0 fully saturated rings. The monoisotopic (exact) mass is 265 g/mol. The molecule has 16 heavy (non-hydrogen) atoms. The summed E-state index contributed by atoms with van der Waals surface area (Å²) in [7, 11) is 3.27. The van der Waals surface area contributed by atoms with Crippen molar-refractivity contribution < 1.29 is 12.4 Å². The van der Waals surface area contributed by atoms with Crippen molar-refractivity contribution in [3.63, 3.8) is 0 Å². The SMILES string of the molecule is [Cl-].c1ccc(-c2ccc3[s+]snc3c2)cc1. The van der Waals surface area contributed by atoms with Gasteiger partial charge in [-0.3, -0.25) is 0 Å². The Labute approximate surface area is 107 Å². The van der Waals surface area contributed by atoms with Crippen molar-refractivity contribution >= 4 is 31.1 Å². The molecule has 0 saturated carbocycles. The smallest absolute Gasteiger partial charge is 0.323 e. The van der Waals surface area contributed by atoms with Crippen LogP contribution in [-0.4, -0.2) is 4.37 Å². The summed E-state index contributed by atoms with van der Waals surface area (Å²) in [5.74, 6) is 0. The molecule has 3 aromatic rings. The number of fused-ring (bicyclic) bond motifs is 1. The molecule has 4 heteroatoms. The third-order valence-electron chi connectivity index (χ3n) is 2.33. The molecule has 1 heterocycles. The van der Waals surface area contributed by atoms with Gasteiger partial charge in [0.2, 0.25) is 0 Å². The summed E-state index contributed by atoms with van der Waals surface area (Å²) < 4.78 is 5.63. The van der Waals surface area contributed by atoms with E-state index in [9.17, 15) is 0 Å². The summed E-state index contributed by atoms with van der Waals surface area (Å²) in [6.07, 6.45) is 0. The molecule has 0 unspecified atom stereocenters. The van der Waals surface area contributed by atoms with Gasteiger partial charge in [-0.25, -0.2) is 0 Å². The molecule has 0 saturated heterocycles. The molecule has 1 nitrogen and oxygen atoms in total. The second-order valence-corrected chi connectivity index (χ2v) is 5.18. The largest absolute Gasteiger partial charge is 1.00 e. The Balaban J connectivity index is 0.000000963. The molecule has 0 radical (unpaired) electrons. The maximum atomic E-state index is 4.37. The van der Waals surface area contributed by atoms with E-state index in [0.29, 0.717) is 0 Å². The average molecular weight is 266 g/mol. The van der Waals surface area contributed by atoms with Crippen LogP contribution in [0.4, 0.5) is 0 Å². The molecule has 80 valence electrons. The Bertz CT molecular complexity index is 592. The van der Waals surface area contributed by atoms with E-state index in [0.717, 1.165) is 5.52 Å². The molecule has 0 atom stereocenters. The Morgan fingerprint density at radius 2 is 1.75 bits per heavy atom. The molecular weight excluding hydrogens is 258 g/mol. The van der Waals surface area contributed by atoms with Gasteiger partial charge in [0.25, 0.3) is 15.2 Å². The van der Waals surface area contributed by atoms with Crippen LogP contribution in [0.15, 0.2) is 48.5 Å². The summed E-state index contributed by atoms with van der Waals surface area (Å²) in [5, 5.41) is 0. The van der Waals surface area contributed by atoms with Gasteiger partial charge in [-0.2, -0.15) is 0 Å². The van der Waals surface area contributed by atoms with Gasteiger partial charge in [0, 0.05) is 6.07 Å². The summed E-state index contributed by atoms with van der Waals surface area (Å²) in [6, 6.07) is 16.8. The van der Waals surface area contributed by atoms with E-state index in [1.807, 2.05) is 6.07 Å². The highest BCUT2D eigenvalue weighted by Crippen LogP contribution is 2.27. The molecule has 0 N–H and O–H groups in total. The standard InChI is InChI=1S/C12H8NS2.ClH/c1-2-4-9(5-3-1)10-6-7-12-11(8-10)13-15-14-12;/h1-8H;1H/q+1;/p-1. The first-order valence-electron chi connectivity index (χ1n) is 4.68. The molecular formula is C12H8ClNS2. The number of benzene rings is 2. The molecule has 2 aromatic carbocycles. The van der Waals surface area contributed by atoms with E-state index in [1.165, 1.54) is 15.8 Å². The fourth-order valence-corrected chi connectivity index (χ4v) is 3.30. The third kappa shape index (κ3) is 2.07. The van der Waals surface area contributed by atoms with Gasteiger partial charge >= 0.3 is 10.3 Å². The number of halogens is 1. The Kier molecular flexibility index (Phi) is 3.49. The highest BCUT2D eigenvalue weighted by atomic mass is 35.5. The van der Waals surface area contributed by atoms with Gasteiger partial charge in [-0.15, -0.1) is 4.37 Å². The molecule has 1 aromatic heterocycles. The average Bonchev–Trinajstić information content (AvgIpc) is 2.77. The minimum atomic E-state index is 0. The van der Waals surface area contributed by atoms with Crippen molar-refractivity contribution in [2.45, 2.75) is 0 Å². The zero-order chi connectivity index (χ0) is 10.1. The third-order valence-corrected chi connectivity index (χ3v) is 4.19. The van der Waals surface area contributed by atoms with Crippen LogP contribution in [0.2, 0.25) is 0 Å². The van der Waals surface area contributed by atoms with Gasteiger partial charge in [0.05, 0.1) is 0 Å². The van der Waals surface area contributed by atoms with Crippen molar-refractivity contribution in [3.05, 3.63) is 48.5 Å². The quantitative estimate of drug-likeness (QED) is 0.478. The first kappa shape index (κ1) is 11.5. The lowest BCUT2D eigenvalue weighted by atomic mass is 10.1. The van der Waals surface area contributed by atoms with E-state index in [4.69, 9.17) is 0 Å². The zero-order valence-corrected chi connectivity index (χ0v) is 10.6. The second kappa shape index (κ2) is 4.87. The topological polar surface area (TPSA) is 12.9 Å². The van der Waals surface area contributed by atoms with Crippen LogP contribution >= 0.6 is 20.9 Å². The Morgan fingerprint density at radius 3 is 2.56 bits per heavy atom. The van der Waals surface area contributed by atoms with Gasteiger partial charge in [0.1, 0.15) is 5.52 Å². The van der Waals surface area contributed by atoms with Gasteiger partial charge in [-0.1, -0.05) is 30.3 Å². The van der Waals surface area contributed by atoms with Crippen LogP contribution in [-0.2, 0) is 0 Å². The normalized spacial score (nSPS) is 10.0. The molecule has 0 spiro atoms. The fraction of sp³-hybridized carbons (Fsp3) is 0. The Hall–Kier alpha value is -1.03. The fourth-order valence-electron chi connectivity index (χ4n) is 1.57. The van der Waals surface area contributed by atoms with E-state index in [1.54, 1.807) is 20.9 Å². The first-order valence-corrected chi connectivity index (χ1v) is 6.78. The van der Waals surface area contributed by atoms with E-state index in [2.05, 4.69) is 46.8 Å². The van der Waals surface area contributed by atoms with Crippen LogP contribution in [0.5, 0.6) is 0 Å². The van der Waals surface area contributed by atoms with E-state index in [-0.39, 0.29) is 12.4 Å². The maximum absolute atomic E-state index is 4.37. The molecule has 0 amide bonds. The minimum absolute atomic E-state index is 0. The highest BCUT2D eigenvalue weighted by molar-refractivity contribution is 7.69. The molecule has 0 aliphatic heterocycles. The lowest BCUT2D eigenvalue weighted by Gasteiger charge is -1.98. The van der Waals surface area contributed by atoms with Crippen LogP contribution < -0.4 is 12.4 Å². The summed E-state index contributed by atoms with van der Waals surface area (Å²) >= 11 is 0. The van der Waals surface area contributed by atoms with E-state index < -0.39 is 0 Å². The summed E-state index contributed by atoms with van der Waals surface area (Å²) in [6.45, 7) is 0. The molecule has 0 bridgehead atoms. The maximum Gasteiger partial charge on any atom is 0.323 e. The first-order chi connectivity index (χ1) is 7.43. The molecule has 0 aliphatic rings. The van der Waals surface area contributed by atoms with Crippen LogP contribution in [0.1, 0.15) is 0 Å². The number of nitrogens with zero attached hydrogens (tertiary/aromatic N) is 1. The summed E-state index contributed by atoms with van der Waals surface area (Å²) in [4.78, 5) is 0. The number of hydrogen-bond acceptors (Lipinski definition) is 2. The van der Waals surface area contributed by atoms with Crippen molar-refractivity contribution in [2.24, 2.45) is 0 Å².